The summed E-state index contributed by atoms with van der Waals surface area (Å²) in [6.45, 7) is 4.46. The van der Waals surface area contributed by atoms with Crippen molar-refractivity contribution in [2.24, 2.45) is 5.73 Å². The molecule has 13 heteroatoms. The fourth-order valence-corrected chi connectivity index (χ4v) is 5.07. The lowest BCUT2D eigenvalue weighted by molar-refractivity contribution is -0.119. The van der Waals surface area contributed by atoms with E-state index in [9.17, 15) is 13.2 Å². The van der Waals surface area contributed by atoms with Crippen molar-refractivity contribution in [3.05, 3.63) is 59.4 Å². The highest BCUT2D eigenvalue weighted by Crippen LogP contribution is 2.36. The average molecular weight is 543 g/mol. The van der Waals surface area contributed by atoms with E-state index >= 15 is 0 Å². The Bertz CT molecular complexity index is 1550. The Kier molecular flexibility index (Phi) is 8.17. The Labute approximate surface area is 220 Å². The maximum Gasteiger partial charge on any atom is 0.266 e. The lowest BCUT2D eigenvalue weighted by atomic mass is 10.1. The highest BCUT2D eigenvalue weighted by Gasteiger charge is 2.25. The summed E-state index contributed by atoms with van der Waals surface area (Å²) < 4.78 is 48.0. The first-order chi connectivity index (χ1) is 18.2. The largest absolute Gasteiger partial charge is 0.496 e. The number of carbonyl (C=O) groups excluding carboxylic acids is 1. The van der Waals surface area contributed by atoms with Crippen molar-refractivity contribution in [3.63, 3.8) is 0 Å². The van der Waals surface area contributed by atoms with E-state index in [-0.39, 0.29) is 35.5 Å². The molecule has 0 spiro atoms. The summed E-state index contributed by atoms with van der Waals surface area (Å²) in [6, 6.07) is 8.46. The molecule has 0 bridgehead atoms. The number of sulfonamides is 1. The number of amides is 1. The van der Waals surface area contributed by atoms with Crippen LogP contribution in [0, 0.1) is 0 Å². The molecule has 4 aromatic rings. The number of fused-ring (bicyclic) bond motifs is 1. The SMILES string of the molecule is CCc1ccc(OCCNC(C)=O)c(S(=O)(=O)Nc2noc3cc(Cn4cc(CN)cn4)cc(OC)c23)c1. The van der Waals surface area contributed by atoms with Gasteiger partial charge in [0.2, 0.25) is 5.91 Å². The van der Waals surface area contributed by atoms with Crippen molar-refractivity contribution in [2.75, 3.05) is 25.0 Å². The van der Waals surface area contributed by atoms with E-state index in [2.05, 4.69) is 20.3 Å². The van der Waals surface area contributed by atoms with Gasteiger partial charge in [0, 0.05) is 25.2 Å². The first kappa shape index (κ1) is 26.9. The summed E-state index contributed by atoms with van der Waals surface area (Å²) in [5, 5.41) is 11.3. The molecule has 0 aliphatic heterocycles. The van der Waals surface area contributed by atoms with Crippen LogP contribution in [0.4, 0.5) is 5.82 Å². The van der Waals surface area contributed by atoms with E-state index in [1.54, 1.807) is 41.2 Å². The minimum atomic E-state index is -4.14. The van der Waals surface area contributed by atoms with Gasteiger partial charge in [0.05, 0.1) is 26.4 Å². The van der Waals surface area contributed by atoms with E-state index < -0.39 is 10.0 Å². The first-order valence-corrected chi connectivity index (χ1v) is 13.4. The van der Waals surface area contributed by atoms with Crippen LogP contribution in [0.3, 0.4) is 0 Å². The zero-order valence-corrected chi connectivity index (χ0v) is 22.2. The van der Waals surface area contributed by atoms with Crippen LogP contribution in [0.5, 0.6) is 11.5 Å². The minimum Gasteiger partial charge on any atom is -0.496 e. The van der Waals surface area contributed by atoms with Gasteiger partial charge in [-0.1, -0.05) is 18.1 Å². The topological polar surface area (TPSA) is 164 Å². The second kappa shape index (κ2) is 11.5. The van der Waals surface area contributed by atoms with Gasteiger partial charge in [0.15, 0.2) is 11.4 Å². The second-order valence-corrected chi connectivity index (χ2v) is 10.2. The van der Waals surface area contributed by atoms with E-state index in [1.807, 2.05) is 13.1 Å². The molecule has 0 aliphatic carbocycles. The van der Waals surface area contributed by atoms with Gasteiger partial charge in [-0.05, 0) is 41.8 Å². The third-order valence-corrected chi connectivity index (χ3v) is 7.12. The molecule has 12 nitrogen and oxygen atoms in total. The highest BCUT2D eigenvalue weighted by molar-refractivity contribution is 7.92. The normalized spacial score (nSPS) is 11.5. The maximum atomic E-state index is 13.5. The van der Waals surface area contributed by atoms with Crippen LogP contribution in [0.25, 0.3) is 11.0 Å². The van der Waals surface area contributed by atoms with Gasteiger partial charge in [0.25, 0.3) is 10.0 Å². The third-order valence-electron chi connectivity index (χ3n) is 5.76. The standard InChI is InChI=1S/C25H30N6O6S/c1-4-17-5-6-20(36-8-7-27-16(2)32)23(11-17)38(33,34)30-25-24-21(35-3)9-18(10-22(24)37-29-25)14-31-15-19(12-26)13-28-31/h5-6,9-11,13,15H,4,7-8,12,14,26H2,1-3H3,(H,27,32)(H,29,30). The molecule has 0 aliphatic rings. The highest BCUT2D eigenvalue weighted by atomic mass is 32.2. The van der Waals surface area contributed by atoms with Crippen LogP contribution in [-0.4, -0.2) is 49.5 Å². The van der Waals surface area contributed by atoms with Crippen molar-refractivity contribution < 1.29 is 27.2 Å². The fourth-order valence-electron chi connectivity index (χ4n) is 3.87. The quantitative estimate of drug-likeness (QED) is 0.228. The van der Waals surface area contributed by atoms with Gasteiger partial charge >= 0.3 is 0 Å². The zero-order chi connectivity index (χ0) is 27.3. The molecule has 2 aromatic carbocycles. The molecule has 202 valence electrons. The number of rotatable bonds is 12. The number of nitrogens with zero attached hydrogens (tertiary/aromatic N) is 3. The molecular weight excluding hydrogens is 512 g/mol. The molecule has 0 saturated carbocycles. The van der Waals surface area contributed by atoms with Crippen LogP contribution in [0.15, 0.2) is 52.1 Å². The summed E-state index contributed by atoms with van der Waals surface area (Å²) in [7, 11) is -2.66. The number of benzene rings is 2. The summed E-state index contributed by atoms with van der Waals surface area (Å²) in [6.07, 6.45) is 4.17. The number of methoxy groups -OCH3 is 1. The molecule has 4 rings (SSSR count). The molecule has 38 heavy (non-hydrogen) atoms. The molecular formula is C25H30N6O6S. The zero-order valence-electron chi connectivity index (χ0n) is 21.4. The molecule has 0 fully saturated rings. The second-order valence-electron chi connectivity index (χ2n) is 8.52. The number of aromatic nitrogens is 3. The van der Waals surface area contributed by atoms with E-state index in [1.165, 1.54) is 14.0 Å². The van der Waals surface area contributed by atoms with Gasteiger partial charge in [-0.3, -0.25) is 14.2 Å². The van der Waals surface area contributed by atoms with Crippen LogP contribution in [0.1, 0.15) is 30.5 Å². The van der Waals surface area contributed by atoms with Gasteiger partial charge in [0.1, 0.15) is 28.4 Å². The summed E-state index contributed by atoms with van der Waals surface area (Å²) in [4.78, 5) is 11.1. The Balaban J connectivity index is 1.63. The van der Waals surface area contributed by atoms with Crippen molar-refractivity contribution in [2.45, 2.75) is 38.3 Å². The van der Waals surface area contributed by atoms with Crippen molar-refractivity contribution >= 4 is 32.7 Å². The summed E-state index contributed by atoms with van der Waals surface area (Å²) in [5.41, 5.74) is 8.54. The van der Waals surface area contributed by atoms with Crippen molar-refractivity contribution in [3.8, 4) is 11.5 Å². The monoisotopic (exact) mass is 542 g/mol. The lowest BCUT2D eigenvalue weighted by Gasteiger charge is -2.14. The molecule has 4 N–H and O–H groups in total. The first-order valence-electron chi connectivity index (χ1n) is 11.9. The number of carbonyl (C=O) groups is 1. The van der Waals surface area contributed by atoms with Crippen LogP contribution in [-0.2, 0) is 34.3 Å². The summed E-state index contributed by atoms with van der Waals surface area (Å²) >= 11 is 0. The fraction of sp³-hybridized carbons (Fsp3) is 0.320. The number of nitrogens with two attached hydrogens (primary N) is 1. The van der Waals surface area contributed by atoms with Crippen molar-refractivity contribution in [1.29, 1.82) is 0 Å². The third kappa shape index (κ3) is 6.06. The van der Waals surface area contributed by atoms with Crippen LogP contribution < -0.4 is 25.2 Å². The summed E-state index contributed by atoms with van der Waals surface area (Å²) in [5.74, 6) is 0.318. The van der Waals surface area contributed by atoms with Gasteiger partial charge < -0.3 is 25.0 Å². The Morgan fingerprint density at radius 1 is 1.16 bits per heavy atom. The molecule has 0 atom stereocenters. The number of anilines is 1. The maximum absolute atomic E-state index is 13.5. The van der Waals surface area contributed by atoms with Gasteiger partial charge in [-0.15, -0.1) is 0 Å². The number of aryl methyl sites for hydroxylation is 1. The molecule has 1 amide bonds. The van der Waals surface area contributed by atoms with Crippen molar-refractivity contribution in [1.82, 2.24) is 20.3 Å². The molecule has 0 saturated heterocycles. The minimum absolute atomic E-state index is 0.0148. The number of ether oxygens (including phenoxy) is 2. The smallest absolute Gasteiger partial charge is 0.266 e. The number of hydrogen-bond donors (Lipinski definition) is 3. The molecule has 2 heterocycles. The van der Waals surface area contributed by atoms with E-state index in [0.717, 1.165) is 16.7 Å². The van der Waals surface area contributed by atoms with Gasteiger partial charge in [-0.2, -0.15) is 5.10 Å². The molecule has 2 aromatic heterocycles. The van der Waals surface area contributed by atoms with Crippen LogP contribution >= 0.6 is 0 Å². The number of nitrogens with one attached hydrogen (secondary N) is 2. The predicted molar refractivity (Wildman–Crippen MR) is 141 cm³/mol. The van der Waals surface area contributed by atoms with E-state index in [0.29, 0.717) is 36.2 Å². The Morgan fingerprint density at radius 2 is 1.97 bits per heavy atom. The average Bonchev–Trinajstić information content (AvgIpc) is 3.52. The lowest BCUT2D eigenvalue weighted by Crippen LogP contribution is -2.25. The van der Waals surface area contributed by atoms with Gasteiger partial charge in [-0.25, -0.2) is 8.42 Å². The number of hydrogen-bond acceptors (Lipinski definition) is 9. The molecule has 0 unspecified atom stereocenters. The Hall–Kier alpha value is -4.10. The van der Waals surface area contributed by atoms with Crippen LogP contribution in [0.2, 0.25) is 0 Å². The Morgan fingerprint density at radius 3 is 2.66 bits per heavy atom. The van der Waals surface area contributed by atoms with E-state index in [4.69, 9.17) is 19.7 Å². The predicted octanol–water partition coefficient (Wildman–Crippen LogP) is 2.42. The molecule has 0 radical (unpaired) electrons.